The van der Waals surface area contributed by atoms with Crippen LogP contribution in [0.25, 0.3) is 5.52 Å². The lowest BCUT2D eigenvalue weighted by Gasteiger charge is -2.08. The van der Waals surface area contributed by atoms with Gasteiger partial charge in [0.2, 0.25) is 0 Å². The predicted molar refractivity (Wildman–Crippen MR) is 88.0 cm³/mol. The Morgan fingerprint density at radius 3 is 2.78 bits per heavy atom. The van der Waals surface area contributed by atoms with Crippen LogP contribution in [0.5, 0.6) is 0 Å². The highest BCUT2D eigenvalue weighted by atomic mass is 16.4. The lowest BCUT2D eigenvalue weighted by Crippen LogP contribution is -2.09. The lowest BCUT2D eigenvalue weighted by atomic mass is 10.1. The third-order valence-corrected chi connectivity index (χ3v) is 3.81. The molecule has 0 unspecified atom stereocenters. The SMILES string of the molecule is CCc1c(C(=O)O)cn2ncnc(NCCc3ccccc3)c12. The van der Waals surface area contributed by atoms with E-state index < -0.39 is 5.97 Å². The smallest absolute Gasteiger partial charge is 0.337 e. The van der Waals surface area contributed by atoms with E-state index in [-0.39, 0.29) is 5.56 Å². The highest BCUT2D eigenvalue weighted by molar-refractivity contribution is 5.94. The molecular weight excluding hydrogens is 292 g/mol. The molecule has 2 N–H and O–H groups in total. The second-order valence-corrected chi connectivity index (χ2v) is 5.24. The van der Waals surface area contributed by atoms with E-state index in [0.717, 1.165) is 17.5 Å². The van der Waals surface area contributed by atoms with Crippen LogP contribution in [0.4, 0.5) is 5.82 Å². The van der Waals surface area contributed by atoms with Crippen LogP contribution < -0.4 is 5.32 Å². The Morgan fingerprint density at radius 2 is 2.09 bits per heavy atom. The van der Waals surface area contributed by atoms with E-state index in [1.165, 1.54) is 11.9 Å². The first-order valence-electron chi connectivity index (χ1n) is 7.57. The number of rotatable bonds is 6. The van der Waals surface area contributed by atoms with Gasteiger partial charge in [-0.05, 0) is 24.0 Å². The minimum atomic E-state index is -0.942. The molecule has 0 radical (unpaired) electrons. The van der Waals surface area contributed by atoms with Gasteiger partial charge in [0.15, 0.2) is 5.82 Å². The minimum Gasteiger partial charge on any atom is -0.478 e. The summed E-state index contributed by atoms with van der Waals surface area (Å²) in [7, 11) is 0. The molecular formula is C17H18N4O2. The molecule has 23 heavy (non-hydrogen) atoms. The number of carboxylic acids is 1. The van der Waals surface area contributed by atoms with E-state index in [4.69, 9.17) is 0 Å². The molecule has 2 aromatic heterocycles. The molecule has 6 nitrogen and oxygen atoms in total. The zero-order valence-corrected chi connectivity index (χ0v) is 12.9. The number of benzene rings is 1. The van der Waals surface area contributed by atoms with Crippen LogP contribution >= 0.6 is 0 Å². The number of fused-ring (bicyclic) bond motifs is 1. The van der Waals surface area contributed by atoms with Crippen molar-refractivity contribution in [2.24, 2.45) is 0 Å². The van der Waals surface area contributed by atoms with Crippen molar-refractivity contribution in [3.63, 3.8) is 0 Å². The van der Waals surface area contributed by atoms with Crippen molar-refractivity contribution >= 4 is 17.3 Å². The molecule has 1 aromatic carbocycles. The van der Waals surface area contributed by atoms with Gasteiger partial charge in [-0.3, -0.25) is 0 Å². The van der Waals surface area contributed by atoms with Gasteiger partial charge in [-0.2, -0.15) is 5.10 Å². The summed E-state index contributed by atoms with van der Waals surface area (Å²) >= 11 is 0. The first-order valence-corrected chi connectivity index (χ1v) is 7.57. The second-order valence-electron chi connectivity index (χ2n) is 5.24. The number of aromatic carboxylic acids is 1. The topological polar surface area (TPSA) is 79.5 Å². The molecule has 0 saturated carbocycles. The zero-order valence-electron chi connectivity index (χ0n) is 12.9. The molecule has 3 rings (SSSR count). The number of carboxylic acid groups (broad SMARTS) is 1. The van der Waals surface area contributed by atoms with Crippen LogP contribution in [0.15, 0.2) is 42.9 Å². The van der Waals surface area contributed by atoms with Crippen molar-refractivity contribution in [2.75, 3.05) is 11.9 Å². The van der Waals surface area contributed by atoms with E-state index in [2.05, 4.69) is 27.5 Å². The quantitative estimate of drug-likeness (QED) is 0.731. The fourth-order valence-electron chi connectivity index (χ4n) is 2.71. The molecule has 0 aliphatic rings. The van der Waals surface area contributed by atoms with Gasteiger partial charge < -0.3 is 10.4 Å². The van der Waals surface area contributed by atoms with E-state index in [1.54, 1.807) is 10.7 Å². The van der Waals surface area contributed by atoms with E-state index in [1.807, 2.05) is 25.1 Å². The number of nitrogens with one attached hydrogen (secondary N) is 1. The third-order valence-electron chi connectivity index (χ3n) is 3.81. The molecule has 0 fully saturated rings. The Balaban J connectivity index is 1.87. The average Bonchev–Trinajstić information content (AvgIpc) is 2.95. The van der Waals surface area contributed by atoms with Gasteiger partial charge in [0.1, 0.15) is 11.8 Å². The predicted octanol–water partition coefficient (Wildman–Crippen LogP) is 2.64. The largest absolute Gasteiger partial charge is 0.478 e. The monoisotopic (exact) mass is 310 g/mol. The summed E-state index contributed by atoms with van der Waals surface area (Å²) in [4.78, 5) is 15.7. The van der Waals surface area contributed by atoms with Gasteiger partial charge in [0.25, 0.3) is 0 Å². The van der Waals surface area contributed by atoms with Crippen LogP contribution in [-0.2, 0) is 12.8 Å². The van der Waals surface area contributed by atoms with Gasteiger partial charge in [-0.15, -0.1) is 0 Å². The molecule has 0 atom stereocenters. The molecule has 0 aliphatic carbocycles. The molecule has 2 heterocycles. The summed E-state index contributed by atoms with van der Waals surface area (Å²) in [5.74, 6) is -0.275. The van der Waals surface area contributed by atoms with Crippen LogP contribution in [0.3, 0.4) is 0 Å². The van der Waals surface area contributed by atoms with Crippen molar-refractivity contribution in [3.8, 4) is 0 Å². The molecule has 0 spiro atoms. The zero-order chi connectivity index (χ0) is 16.2. The van der Waals surface area contributed by atoms with Crippen molar-refractivity contribution in [2.45, 2.75) is 19.8 Å². The van der Waals surface area contributed by atoms with Gasteiger partial charge in [-0.1, -0.05) is 37.3 Å². The van der Waals surface area contributed by atoms with Crippen LogP contribution in [0.2, 0.25) is 0 Å². The van der Waals surface area contributed by atoms with Crippen molar-refractivity contribution < 1.29 is 9.90 Å². The fourth-order valence-corrected chi connectivity index (χ4v) is 2.71. The highest BCUT2D eigenvalue weighted by Crippen LogP contribution is 2.24. The summed E-state index contributed by atoms with van der Waals surface area (Å²) in [6.07, 6.45) is 4.45. The Labute approximate surface area is 133 Å². The fraction of sp³-hybridized carbons (Fsp3) is 0.235. The van der Waals surface area contributed by atoms with Crippen LogP contribution in [0.1, 0.15) is 28.4 Å². The Bertz CT molecular complexity index is 827. The first-order chi connectivity index (χ1) is 11.2. The minimum absolute atomic E-state index is 0.277. The molecule has 0 bridgehead atoms. The molecule has 0 amide bonds. The normalized spacial score (nSPS) is 10.8. The summed E-state index contributed by atoms with van der Waals surface area (Å²) in [5, 5.41) is 16.8. The molecule has 3 aromatic rings. The maximum absolute atomic E-state index is 11.4. The number of hydrogen-bond acceptors (Lipinski definition) is 4. The van der Waals surface area contributed by atoms with E-state index in [0.29, 0.717) is 18.8 Å². The van der Waals surface area contributed by atoms with Crippen LogP contribution in [-0.4, -0.2) is 32.2 Å². The number of nitrogens with zero attached hydrogens (tertiary/aromatic N) is 3. The maximum Gasteiger partial charge on any atom is 0.337 e. The summed E-state index contributed by atoms with van der Waals surface area (Å²) in [5.41, 5.74) is 3.00. The summed E-state index contributed by atoms with van der Waals surface area (Å²) < 4.78 is 1.58. The van der Waals surface area contributed by atoms with Crippen molar-refractivity contribution in [1.82, 2.24) is 14.6 Å². The number of aromatic nitrogens is 3. The number of anilines is 1. The lowest BCUT2D eigenvalue weighted by molar-refractivity contribution is 0.0696. The third kappa shape index (κ3) is 3.01. The van der Waals surface area contributed by atoms with Crippen LogP contribution in [0, 0.1) is 0 Å². The molecule has 6 heteroatoms. The van der Waals surface area contributed by atoms with Gasteiger partial charge in [0, 0.05) is 12.7 Å². The highest BCUT2D eigenvalue weighted by Gasteiger charge is 2.18. The molecule has 0 saturated heterocycles. The van der Waals surface area contributed by atoms with Gasteiger partial charge >= 0.3 is 5.97 Å². The Kier molecular flexibility index (Phi) is 4.23. The average molecular weight is 310 g/mol. The molecule has 0 aliphatic heterocycles. The van der Waals surface area contributed by atoms with E-state index >= 15 is 0 Å². The molecule has 118 valence electrons. The van der Waals surface area contributed by atoms with Crippen molar-refractivity contribution in [3.05, 3.63) is 59.5 Å². The number of aryl methyl sites for hydroxylation is 1. The number of carbonyl (C=O) groups is 1. The number of hydrogen-bond donors (Lipinski definition) is 2. The van der Waals surface area contributed by atoms with E-state index in [9.17, 15) is 9.90 Å². The second kappa shape index (κ2) is 6.48. The van der Waals surface area contributed by atoms with Gasteiger partial charge in [0.05, 0.1) is 5.56 Å². The Hall–Kier alpha value is -2.89. The maximum atomic E-state index is 11.4. The Morgan fingerprint density at radius 1 is 1.30 bits per heavy atom. The van der Waals surface area contributed by atoms with Gasteiger partial charge in [-0.25, -0.2) is 14.3 Å². The van der Waals surface area contributed by atoms with Crippen molar-refractivity contribution in [1.29, 1.82) is 0 Å². The summed E-state index contributed by atoms with van der Waals surface area (Å²) in [6.45, 7) is 2.65. The standard InChI is InChI=1S/C17H18N4O2/c1-2-13-14(17(22)23)10-21-15(13)16(19-11-20-21)18-9-8-12-6-4-3-5-7-12/h3-7,10-11H,2,8-9H2,1H3,(H,22,23)(H,18,19,20). The summed E-state index contributed by atoms with van der Waals surface area (Å²) in [6, 6.07) is 10.2. The first kappa shape index (κ1) is 15.0.